The molecular formula is C20H16F6N2O5. The fourth-order valence-corrected chi connectivity index (χ4v) is 2.32. The Hall–Kier alpha value is -3.90. The van der Waals surface area contributed by atoms with Crippen LogP contribution < -0.4 is 36.1 Å². The van der Waals surface area contributed by atoms with E-state index < -0.39 is 23.6 Å². The summed E-state index contributed by atoms with van der Waals surface area (Å²) in [5.74, 6) is -0.724. The van der Waals surface area contributed by atoms with E-state index in [1.54, 1.807) is 6.92 Å². The van der Waals surface area contributed by atoms with Crippen molar-refractivity contribution in [3.05, 3.63) is 69.0 Å². The SMILES string of the molecule is CCOc1c(Nc2ccc(OC(F)(F)F)cc2)c(=O)c1=O.Nc1ccc(OC(F)(F)F)cc1. The highest BCUT2D eigenvalue weighted by Crippen LogP contribution is 2.27. The number of hydrogen-bond acceptors (Lipinski definition) is 7. The molecule has 0 heterocycles. The van der Waals surface area contributed by atoms with Gasteiger partial charge < -0.3 is 25.3 Å². The molecule has 0 aromatic heterocycles. The number of nitrogens with one attached hydrogen (secondary N) is 1. The summed E-state index contributed by atoms with van der Waals surface area (Å²) in [6, 6.07) is 9.72. The van der Waals surface area contributed by atoms with Crippen molar-refractivity contribution >= 4 is 17.1 Å². The number of ether oxygens (including phenoxy) is 3. The van der Waals surface area contributed by atoms with Gasteiger partial charge >= 0.3 is 12.7 Å². The topological polar surface area (TPSA) is 99.9 Å². The van der Waals surface area contributed by atoms with E-state index in [9.17, 15) is 35.9 Å². The monoisotopic (exact) mass is 478 g/mol. The fraction of sp³-hybridized carbons (Fsp3) is 0.200. The van der Waals surface area contributed by atoms with Crippen molar-refractivity contribution in [2.45, 2.75) is 19.6 Å². The Morgan fingerprint density at radius 2 is 1.24 bits per heavy atom. The molecule has 7 nitrogen and oxygen atoms in total. The van der Waals surface area contributed by atoms with E-state index in [0.717, 1.165) is 24.3 Å². The molecule has 3 aromatic rings. The van der Waals surface area contributed by atoms with Crippen LogP contribution in [0.15, 0.2) is 58.1 Å². The second-order valence-electron chi connectivity index (χ2n) is 6.11. The highest BCUT2D eigenvalue weighted by atomic mass is 19.4. The van der Waals surface area contributed by atoms with E-state index in [0.29, 0.717) is 11.4 Å². The molecule has 0 amide bonds. The van der Waals surface area contributed by atoms with Gasteiger partial charge in [-0.15, -0.1) is 26.3 Å². The predicted molar refractivity (Wildman–Crippen MR) is 106 cm³/mol. The third-order valence-electron chi connectivity index (χ3n) is 3.63. The molecule has 33 heavy (non-hydrogen) atoms. The number of nitrogen functional groups attached to an aromatic ring is 1. The van der Waals surface area contributed by atoms with Crippen LogP contribution in [-0.4, -0.2) is 19.3 Å². The number of anilines is 3. The van der Waals surface area contributed by atoms with Crippen molar-refractivity contribution in [1.29, 1.82) is 0 Å². The van der Waals surface area contributed by atoms with Gasteiger partial charge in [-0.25, -0.2) is 0 Å². The summed E-state index contributed by atoms with van der Waals surface area (Å²) in [6.07, 6.45) is -9.41. The second kappa shape index (κ2) is 10.1. The lowest BCUT2D eigenvalue weighted by atomic mass is 10.2. The van der Waals surface area contributed by atoms with Crippen molar-refractivity contribution in [2.24, 2.45) is 0 Å². The first kappa shape index (κ1) is 25.4. The third-order valence-corrected chi connectivity index (χ3v) is 3.63. The number of hydrogen-bond donors (Lipinski definition) is 2. The van der Waals surface area contributed by atoms with Crippen molar-refractivity contribution in [2.75, 3.05) is 17.7 Å². The lowest BCUT2D eigenvalue weighted by molar-refractivity contribution is -0.275. The van der Waals surface area contributed by atoms with Gasteiger partial charge in [-0.2, -0.15) is 0 Å². The van der Waals surface area contributed by atoms with Crippen molar-refractivity contribution in [3.8, 4) is 17.2 Å². The Morgan fingerprint density at radius 3 is 1.67 bits per heavy atom. The quantitative estimate of drug-likeness (QED) is 0.306. The molecule has 0 spiro atoms. The summed E-state index contributed by atoms with van der Waals surface area (Å²) < 4.78 is 83.1. The number of benzene rings is 2. The van der Waals surface area contributed by atoms with Crippen LogP contribution in [0.4, 0.5) is 43.4 Å². The highest BCUT2D eigenvalue weighted by molar-refractivity contribution is 5.70. The van der Waals surface area contributed by atoms with Gasteiger partial charge in [0.2, 0.25) is 0 Å². The molecule has 0 aliphatic rings. The zero-order valence-corrected chi connectivity index (χ0v) is 16.7. The Morgan fingerprint density at radius 1 is 0.788 bits per heavy atom. The van der Waals surface area contributed by atoms with Gasteiger partial charge in [0.15, 0.2) is 5.75 Å². The number of halogens is 6. The number of rotatable bonds is 6. The summed E-state index contributed by atoms with van der Waals surface area (Å²) in [6.45, 7) is 1.88. The van der Waals surface area contributed by atoms with Crippen LogP contribution in [0, 0.1) is 0 Å². The van der Waals surface area contributed by atoms with Crippen LogP contribution >= 0.6 is 0 Å². The minimum atomic E-state index is -4.77. The van der Waals surface area contributed by atoms with E-state index in [-0.39, 0.29) is 29.5 Å². The van der Waals surface area contributed by atoms with Crippen LogP contribution in [0.3, 0.4) is 0 Å². The van der Waals surface area contributed by atoms with Gasteiger partial charge in [0, 0.05) is 11.4 Å². The van der Waals surface area contributed by atoms with Crippen molar-refractivity contribution in [3.63, 3.8) is 0 Å². The minimum Gasteiger partial charge on any atom is -0.488 e. The summed E-state index contributed by atoms with van der Waals surface area (Å²) in [5, 5.41) is 2.63. The maximum atomic E-state index is 12.0. The zero-order chi connectivity index (χ0) is 24.8. The smallest absolute Gasteiger partial charge is 0.488 e. The first-order chi connectivity index (χ1) is 15.3. The number of alkyl halides is 6. The summed E-state index contributed by atoms with van der Waals surface area (Å²) in [5.41, 5.74) is 4.52. The van der Waals surface area contributed by atoms with Gasteiger partial charge in [-0.05, 0) is 55.5 Å². The molecular weight excluding hydrogens is 462 g/mol. The van der Waals surface area contributed by atoms with Crippen LogP contribution in [0.1, 0.15) is 6.92 Å². The number of nitrogens with two attached hydrogens (primary N) is 1. The summed E-state index contributed by atoms with van der Waals surface area (Å²) in [7, 11) is 0. The van der Waals surface area contributed by atoms with Crippen molar-refractivity contribution < 1.29 is 40.6 Å². The molecule has 0 fully saturated rings. The lowest BCUT2D eigenvalue weighted by Gasteiger charge is -2.13. The molecule has 13 heteroatoms. The standard InChI is InChI=1S/C13H10F3NO4.C7H6F3NO/c1-2-20-12-9(10(18)11(12)19)17-7-3-5-8(6-4-7)21-13(14,15)16;8-7(9,10)12-6-3-1-5(11)2-4-6/h3-6,17H,2H2,1H3;1-4H,11H2. The molecule has 0 saturated heterocycles. The molecule has 0 saturated carbocycles. The second-order valence-corrected chi connectivity index (χ2v) is 6.11. The van der Waals surface area contributed by atoms with E-state index in [2.05, 4.69) is 14.8 Å². The predicted octanol–water partition coefficient (Wildman–Crippen LogP) is 4.49. The van der Waals surface area contributed by atoms with E-state index in [1.165, 1.54) is 24.3 Å². The van der Waals surface area contributed by atoms with Gasteiger partial charge in [0.1, 0.15) is 17.2 Å². The Bertz CT molecular complexity index is 1120. The third kappa shape index (κ3) is 7.94. The van der Waals surface area contributed by atoms with E-state index in [4.69, 9.17) is 10.5 Å². The fourth-order valence-electron chi connectivity index (χ4n) is 2.32. The molecule has 0 aliphatic carbocycles. The summed E-state index contributed by atoms with van der Waals surface area (Å²) >= 11 is 0. The first-order valence-corrected chi connectivity index (χ1v) is 8.99. The lowest BCUT2D eigenvalue weighted by Crippen LogP contribution is -2.35. The maximum absolute atomic E-state index is 12.0. The van der Waals surface area contributed by atoms with Gasteiger partial charge in [-0.3, -0.25) is 9.59 Å². The zero-order valence-electron chi connectivity index (χ0n) is 16.7. The Labute approximate surface area is 182 Å². The van der Waals surface area contributed by atoms with Gasteiger partial charge in [0.25, 0.3) is 10.9 Å². The molecule has 0 radical (unpaired) electrons. The van der Waals surface area contributed by atoms with E-state index in [1.807, 2.05) is 0 Å². The average molecular weight is 478 g/mol. The van der Waals surface area contributed by atoms with Crippen LogP contribution in [0.2, 0.25) is 0 Å². The Kier molecular flexibility index (Phi) is 7.80. The molecule has 3 N–H and O–H groups in total. The molecule has 3 aromatic carbocycles. The van der Waals surface area contributed by atoms with E-state index >= 15 is 0 Å². The van der Waals surface area contributed by atoms with Gasteiger partial charge in [0.05, 0.1) is 6.61 Å². The summed E-state index contributed by atoms with van der Waals surface area (Å²) in [4.78, 5) is 22.6. The normalized spacial score (nSPS) is 11.4. The molecule has 0 unspecified atom stereocenters. The molecule has 0 aliphatic heterocycles. The van der Waals surface area contributed by atoms with Gasteiger partial charge in [-0.1, -0.05) is 0 Å². The van der Waals surface area contributed by atoms with Crippen LogP contribution in [-0.2, 0) is 0 Å². The van der Waals surface area contributed by atoms with Crippen LogP contribution in [0.5, 0.6) is 17.2 Å². The van der Waals surface area contributed by atoms with Crippen LogP contribution in [0.25, 0.3) is 0 Å². The molecule has 0 atom stereocenters. The highest BCUT2D eigenvalue weighted by Gasteiger charge is 2.31. The molecule has 0 bridgehead atoms. The van der Waals surface area contributed by atoms with Crippen molar-refractivity contribution in [1.82, 2.24) is 0 Å². The molecule has 178 valence electrons. The molecule has 3 rings (SSSR count). The largest absolute Gasteiger partial charge is 0.573 e. The minimum absolute atomic E-state index is 0.00802. The maximum Gasteiger partial charge on any atom is 0.573 e. The first-order valence-electron chi connectivity index (χ1n) is 8.99. The Balaban J connectivity index is 0.000000273. The average Bonchev–Trinajstić information content (AvgIpc) is 2.71.